The molecule has 0 amide bonds. The highest BCUT2D eigenvalue weighted by molar-refractivity contribution is 7.66. The van der Waals surface area contributed by atoms with Crippen LogP contribution in [0, 0.1) is 25.4 Å². The predicted octanol–water partition coefficient (Wildman–Crippen LogP) is -2.07. The molecule has 3 heterocycles. The van der Waals surface area contributed by atoms with Crippen molar-refractivity contribution in [2.75, 3.05) is 6.61 Å². The molecule has 1 aliphatic carbocycles. The van der Waals surface area contributed by atoms with Gasteiger partial charge in [0.2, 0.25) is 0 Å². The molecule has 0 radical (unpaired) electrons. The Balaban J connectivity index is 1.74. The predicted molar refractivity (Wildman–Crippen MR) is 128 cm³/mol. The van der Waals surface area contributed by atoms with Gasteiger partial charge in [0.05, 0.1) is 28.6 Å². The summed E-state index contributed by atoms with van der Waals surface area (Å²) >= 11 is 0. The molecule has 1 spiro atoms. The lowest BCUT2D eigenvalue weighted by Crippen LogP contribution is -2.47. The Labute approximate surface area is 238 Å². The van der Waals surface area contributed by atoms with Crippen molar-refractivity contribution in [2.45, 2.75) is 30.3 Å². The zero-order valence-electron chi connectivity index (χ0n) is 20.7. The first-order chi connectivity index (χ1) is 20.1. The second-order valence-corrected chi connectivity index (χ2v) is 12.9. The maximum absolute atomic E-state index is 12.5. The van der Waals surface area contributed by atoms with E-state index in [-0.39, 0.29) is 0 Å². The van der Waals surface area contributed by atoms with Gasteiger partial charge in [0, 0.05) is 17.2 Å². The van der Waals surface area contributed by atoms with Crippen LogP contribution < -0.4 is 11.2 Å². The molecular formula is C15H16N5O21P3. The van der Waals surface area contributed by atoms with Gasteiger partial charge in [-0.2, -0.15) is 8.62 Å². The number of nitro groups is 2. The number of phosphoric acid groups is 3. The van der Waals surface area contributed by atoms with E-state index in [9.17, 15) is 63.7 Å². The summed E-state index contributed by atoms with van der Waals surface area (Å²) < 4.78 is 63.7. The van der Waals surface area contributed by atoms with Crippen LogP contribution in [0.1, 0.15) is 6.23 Å². The minimum Gasteiger partial charge on any atom is -0.417 e. The van der Waals surface area contributed by atoms with Crippen molar-refractivity contribution >= 4 is 29.2 Å². The number of hydrogen-bond acceptors (Lipinski definition) is 17. The third-order valence-electron chi connectivity index (χ3n) is 5.69. The van der Waals surface area contributed by atoms with E-state index in [4.69, 9.17) is 24.0 Å². The van der Waals surface area contributed by atoms with Crippen molar-refractivity contribution in [1.82, 2.24) is 9.55 Å². The molecular weight excluding hydrogens is 679 g/mol. The number of nitrogens with one attached hydrogen (secondary N) is 1. The molecule has 29 heteroatoms. The fourth-order valence-corrected chi connectivity index (χ4v) is 7.21. The molecule has 44 heavy (non-hydrogen) atoms. The van der Waals surface area contributed by atoms with Crippen molar-refractivity contribution < 1.29 is 80.6 Å². The van der Waals surface area contributed by atoms with Crippen LogP contribution in [0.15, 0.2) is 45.4 Å². The van der Waals surface area contributed by atoms with Gasteiger partial charge in [-0.15, -0.1) is 0 Å². The zero-order chi connectivity index (χ0) is 33.0. The first kappa shape index (κ1) is 33.4. The molecule has 26 nitrogen and oxygen atoms in total. The SMILES string of the molecule is O=c1ccn([C@@H]2O[C@H](COP(=O)(O)OP(=O)(O)OP(=O)(O)O)[C@H]3OC4(O[C@H]32)C([N+](=O)[O-])=CC(=[N+]([O-])O)C=C4[N+](=O)[O-])c(=O)[nH]1. The quantitative estimate of drug-likeness (QED) is 0.0503. The van der Waals surface area contributed by atoms with Crippen LogP contribution in [-0.4, -0.2) is 85.5 Å². The van der Waals surface area contributed by atoms with Gasteiger partial charge >= 0.3 is 46.3 Å². The van der Waals surface area contributed by atoms with Crippen LogP contribution in [0.5, 0.6) is 0 Å². The van der Waals surface area contributed by atoms with Crippen molar-refractivity contribution in [3.05, 3.63) is 82.1 Å². The fraction of sp³-hybridized carbons (Fsp3) is 0.400. The Morgan fingerprint density at radius 2 is 1.52 bits per heavy atom. The summed E-state index contributed by atoms with van der Waals surface area (Å²) in [7, 11) is -17.5. The van der Waals surface area contributed by atoms with Crippen molar-refractivity contribution in [3.8, 4) is 0 Å². The Bertz CT molecular complexity index is 1720. The van der Waals surface area contributed by atoms with Crippen molar-refractivity contribution in [1.29, 1.82) is 0 Å². The smallest absolute Gasteiger partial charge is 0.417 e. The number of H-pyrrole nitrogens is 1. The molecule has 6 atom stereocenters. The Kier molecular flexibility index (Phi) is 8.71. The molecule has 1 aromatic heterocycles. The first-order valence-corrected chi connectivity index (χ1v) is 15.5. The summed E-state index contributed by atoms with van der Waals surface area (Å²) in [6, 6.07) is 0.807. The second kappa shape index (κ2) is 11.5. The lowest BCUT2D eigenvalue weighted by Gasteiger charge is -2.27. The maximum atomic E-state index is 12.5. The van der Waals surface area contributed by atoms with Crippen molar-refractivity contribution in [3.63, 3.8) is 0 Å². The van der Waals surface area contributed by atoms with Gasteiger partial charge in [0.15, 0.2) is 6.23 Å². The van der Waals surface area contributed by atoms with Crippen LogP contribution in [0.25, 0.3) is 0 Å². The van der Waals surface area contributed by atoms with Crippen LogP contribution >= 0.6 is 23.5 Å². The monoisotopic (exact) mass is 695 g/mol. The van der Waals surface area contributed by atoms with Gasteiger partial charge in [0.1, 0.15) is 18.3 Å². The van der Waals surface area contributed by atoms with Gasteiger partial charge in [-0.3, -0.25) is 44.3 Å². The number of aromatic amines is 1. The Morgan fingerprint density at radius 3 is 2.02 bits per heavy atom. The summed E-state index contributed by atoms with van der Waals surface area (Å²) in [6.07, 6.45) is -5.75. The number of phosphoric ester groups is 1. The number of hydrogen-bond donors (Lipinski definition) is 6. The van der Waals surface area contributed by atoms with Crippen LogP contribution in [0.2, 0.25) is 0 Å². The standard InChI is InChI=1S/C15H16N5O21P3/c21-10-1-2-17(14(22)16-10)13-12-11(7(37-13)5-36-43(32,33)41-44(34,35)40-42(29,30)31)38-15(39-12)8(19(25)26)3-6(18(23)24)4-9(15)20(27)28/h1-4,7,11-13H,5H2,(H,23,24)(H,32,33)(H,34,35)(H,16,21,22)(H2,29,30,31)/t7-,11-,12-,13-/m1/s1. The van der Waals surface area contributed by atoms with Crippen LogP contribution in [0.4, 0.5) is 0 Å². The number of ether oxygens (including phenoxy) is 3. The zero-order valence-corrected chi connectivity index (χ0v) is 23.4. The van der Waals surface area contributed by atoms with E-state index >= 15 is 0 Å². The minimum absolute atomic E-state index is 0.351. The molecule has 0 saturated carbocycles. The second-order valence-electron chi connectivity index (χ2n) is 8.52. The largest absolute Gasteiger partial charge is 0.490 e. The van der Waals surface area contributed by atoms with Crippen LogP contribution in [0.3, 0.4) is 0 Å². The summed E-state index contributed by atoms with van der Waals surface area (Å²) in [5.41, 5.74) is -5.78. The molecule has 2 aliphatic heterocycles. The number of aromatic nitrogens is 2. The molecule has 6 N–H and O–H groups in total. The van der Waals surface area contributed by atoms with Crippen LogP contribution in [-0.2, 0) is 41.1 Å². The number of fused-ring (bicyclic) bond motifs is 1. The lowest BCUT2D eigenvalue weighted by molar-refractivity contribution is -0.725. The molecule has 2 unspecified atom stereocenters. The molecule has 242 valence electrons. The highest BCUT2D eigenvalue weighted by Crippen LogP contribution is 2.66. The maximum Gasteiger partial charge on any atom is 0.490 e. The van der Waals surface area contributed by atoms with E-state index in [1.807, 2.05) is 4.98 Å². The summed E-state index contributed by atoms with van der Waals surface area (Å²) in [5.74, 6) is -3.11. The van der Waals surface area contributed by atoms with E-state index in [0.717, 1.165) is 12.3 Å². The Morgan fingerprint density at radius 1 is 0.955 bits per heavy atom. The highest BCUT2D eigenvalue weighted by Gasteiger charge is 2.70. The lowest BCUT2D eigenvalue weighted by atomic mass is 10.0. The fourth-order valence-electron chi connectivity index (χ4n) is 4.18. The molecule has 1 aromatic rings. The third-order valence-corrected chi connectivity index (χ3v) is 9.49. The first-order valence-electron chi connectivity index (χ1n) is 11.0. The van der Waals surface area contributed by atoms with E-state index in [2.05, 4.69) is 13.1 Å². The van der Waals surface area contributed by atoms with E-state index in [0.29, 0.717) is 16.7 Å². The number of rotatable bonds is 10. The minimum atomic E-state index is -5.96. The van der Waals surface area contributed by atoms with Gasteiger partial charge in [0.25, 0.3) is 11.3 Å². The summed E-state index contributed by atoms with van der Waals surface area (Å²) in [4.78, 5) is 82.7. The molecule has 0 bridgehead atoms. The van der Waals surface area contributed by atoms with E-state index < -0.39 is 104 Å². The average molecular weight is 695 g/mol. The van der Waals surface area contributed by atoms with E-state index in [1.54, 1.807) is 0 Å². The normalized spacial score (nSPS) is 29.3. The average Bonchev–Trinajstić information content (AvgIpc) is 3.36. The topological polar surface area (TPSA) is 375 Å². The summed E-state index contributed by atoms with van der Waals surface area (Å²) in [5, 5.41) is 44.5. The summed E-state index contributed by atoms with van der Waals surface area (Å²) in [6.45, 7) is -1.28. The molecule has 0 aromatic carbocycles. The molecule has 4 rings (SSSR count). The Hall–Kier alpha value is -3.48. The highest BCUT2D eigenvalue weighted by atomic mass is 31.3. The number of nitrogens with zero attached hydrogens (tertiary/aromatic N) is 4. The van der Waals surface area contributed by atoms with Gasteiger partial charge in [-0.1, -0.05) is 0 Å². The molecule has 2 fully saturated rings. The van der Waals surface area contributed by atoms with Gasteiger partial charge in [-0.25, -0.2) is 18.5 Å². The van der Waals surface area contributed by atoms with Gasteiger partial charge < -0.3 is 39.0 Å². The molecule has 2 saturated heterocycles. The van der Waals surface area contributed by atoms with Crippen molar-refractivity contribution in [2.24, 2.45) is 0 Å². The third kappa shape index (κ3) is 6.77. The molecule has 3 aliphatic rings. The van der Waals surface area contributed by atoms with E-state index in [1.165, 1.54) is 0 Å². The van der Waals surface area contributed by atoms with Gasteiger partial charge in [-0.05, 0) is 0 Å². The number of allylic oxidation sites excluding steroid dienone is 2.